The van der Waals surface area contributed by atoms with E-state index >= 15 is 0 Å². The van der Waals surface area contributed by atoms with Gasteiger partial charge in [-0.05, 0) is 44.4 Å². The number of carbonyl (C=O) groups is 1. The number of hydrogen-bond acceptors (Lipinski definition) is 6. The lowest BCUT2D eigenvalue weighted by molar-refractivity contribution is -0.384. The van der Waals surface area contributed by atoms with Crippen molar-refractivity contribution in [1.82, 2.24) is 5.32 Å². The summed E-state index contributed by atoms with van der Waals surface area (Å²) in [4.78, 5) is 22.6. The van der Waals surface area contributed by atoms with Gasteiger partial charge >= 0.3 is 0 Å². The van der Waals surface area contributed by atoms with E-state index in [4.69, 9.17) is 9.47 Å². The second-order valence-corrected chi connectivity index (χ2v) is 7.15. The maximum Gasteiger partial charge on any atom is 0.269 e. The summed E-state index contributed by atoms with van der Waals surface area (Å²) in [5.74, 6) is 1.85. The molecule has 0 bridgehead atoms. The Morgan fingerprint density at radius 3 is 2.37 bits per heavy atom. The lowest BCUT2D eigenvalue weighted by Crippen LogP contribution is -2.47. The Labute approximate surface area is 162 Å². The van der Waals surface area contributed by atoms with Gasteiger partial charge in [-0.1, -0.05) is 12.1 Å². The van der Waals surface area contributed by atoms with E-state index in [1.807, 2.05) is 6.26 Å². The lowest BCUT2D eigenvalue weighted by atomic mass is 10.1. The third-order valence-corrected chi connectivity index (χ3v) is 4.24. The average molecular weight is 390 g/mol. The Morgan fingerprint density at radius 1 is 1.15 bits per heavy atom. The molecule has 8 heteroatoms. The van der Waals surface area contributed by atoms with Gasteiger partial charge in [0.25, 0.3) is 11.6 Å². The van der Waals surface area contributed by atoms with Gasteiger partial charge in [-0.3, -0.25) is 14.9 Å². The second-order valence-electron chi connectivity index (χ2n) is 6.16. The van der Waals surface area contributed by atoms with Crippen molar-refractivity contribution in [3.63, 3.8) is 0 Å². The number of para-hydroxylation sites is 2. The van der Waals surface area contributed by atoms with E-state index in [0.29, 0.717) is 23.8 Å². The van der Waals surface area contributed by atoms with Crippen molar-refractivity contribution in [2.24, 2.45) is 0 Å². The zero-order chi connectivity index (χ0) is 19.9. The molecule has 0 aliphatic carbocycles. The highest BCUT2D eigenvalue weighted by Gasteiger charge is 2.30. The molecule has 0 atom stereocenters. The van der Waals surface area contributed by atoms with Gasteiger partial charge < -0.3 is 14.8 Å². The van der Waals surface area contributed by atoms with E-state index < -0.39 is 10.5 Å². The number of benzene rings is 2. The van der Waals surface area contributed by atoms with Crippen LogP contribution in [0.15, 0.2) is 48.5 Å². The van der Waals surface area contributed by atoms with Crippen molar-refractivity contribution in [2.75, 3.05) is 18.6 Å². The molecular weight excluding hydrogens is 368 g/mol. The van der Waals surface area contributed by atoms with Gasteiger partial charge in [-0.15, -0.1) is 0 Å². The molecule has 0 aliphatic heterocycles. The first-order chi connectivity index (χ1) is 12.8. The smallest absolute Gasteiger partial charge is 0.269 e. The largest absolute Gasteiger partial charge is 0.474 e. The third kappa shape index (κ3) is 5.89. The third-order valence-electron chi connectivity index (χ3n) is 3.63. The highest BCUT2D eigenvalue weighted by atomic mass is 32.2. The summed E-state index contributed by atoms with van der Waals surface area (Å²) < 4.78 is 11.7. The van der Waals surface area contributed by atoms with Crippen LogP contribution in [0, 0.1) is 10.1 Å². The van der Waals surface area contributed by atoms with Crippen LogP contribution in [0.1, 0.15) is 13.8 Å². The SMILES string of the molecule is CSCCNC(=O)C(C)(C)Oc1ccccc1Oc1ccc([N+](=O)[O-])cc1. The molecule has 0 aromatic heterocycles. The van der Waals surface area contributed by atoms with Crippen LogP contribution in [-0.4, -0.2) is 35.0 Å². The summed E-state index contributed by atoms with van der Waals surface area (Å²) in [6, 6.07) is 12.7. The topological polar surface area (TPSA) is 90.7 Å². The summed E-state index contributed by atoms with van der Waals surface area (Å²) in [7, 11) is 0. The van der Waals surface area contributed by atoms with Gasteiger partial charge in [0.15, 0.2) is 17.1 Å². The van der Waals surface area contributed by atoms with Crippen molar-refractivity contribution < 1.29 is 19.2 Å². The first kappa shape index (κ1) is 20.6. The van der Waals surface area contributed by atoms with Crippen molar-refractivity contribution >= 4 is 23.4 Å². The van der Waals surface area contributed by atoms with Gasteiger partial charge in [0.05, 0.1) is 4.92 Å². The zero-order valence-electron chi connectivity index (χ0n) is 15.4. The van der Waals surface area contributed by atoms with Crippen LogP contribution < -0.4 is 14.8 Å². The Bertz CT molecular complexity index is 793. The normalized spacial score (nSPS) is 10.9. The van der Waals surface area contributed by atoms with E-state index in [-0.39, 0.29) is 11.6 Å². The molecule has 0 aliphatic rings. The second kappa shape index (κ2) is 9.27. The number of rotatable bonds is 9. The number of nitrogens with one attached hydrogen (secondary N) is 1. The van der Waals surface area contributed by atoms with Crippen LogP contribution in [0.5, 0.6) is 17.2 Å². The lowest BCUT2D eigenvalue weighted by Gasteiger charge is -2.26. The number of nitrogens with zero attached hydrogens (tertiary/aromatic N) is 1. The standard InChI is InChI=1S/C19H22N2O5S/c1-19(2,18(22)20-12-13-27-3)26-17-7-5-4-6-16(17)25-15-10-8-14(9-11-15)21(23)24/h4-11H,12-13H2,1-3H3,(H,20,22). The number of non-ortho nitro benzene ring substituents is 1. The highest BCUT2D eigenvalue weighted by molar-refractivity contribution is 7.98. The summed E-state index contributed by atoms with van der Waals surface area (Å²) in [6.07, 6.45) is 1.97. The Morgan fingerprint density at radius 2 is 1.78 bits per heavy atom. The molecule has 1 N–H and O–H groups in total. The van der Waals surface area contributed by atoms with E-state index in [9.17, 15) is 14.9 Å². The fourth-order valence-electron chi connectivity index (χ4n) is 2.18. The van der Waals surface area contributed by atoms with Crippen molar-refractivity contribution in [3.05, 3.63) is 58.6 Å². The zero-order valence-corrected chi connectivity index (χ0v) is 16.2. The summed E-state index contributed by atoms with van der Waals surface area (Å²) in [5.41, 5.74) is -1.11. The number of ether oxygens (including phenoxy) is 2. The monoisotopic (exact) mass is 390 g/mol. The number of hydrogen-bond donors (Lipinski definition) is 1. The molecule has 0 saturated heterocycles. The molecule has 144 valence electrons. The molecule has 0 unspecified atom stereocenters. The highest BCUT2D eigenvalue weighted by Crippen LogP contribution is 2.34. The van der Waals surface area contributed by atoms with E-state index in [0.717, 1.165) is 5.75 Å². The van der Waals surface area contributed by atoms with Gasteiger partial charge in [-0.25, -0.2) is 0 Å². The quantitative estimate of drug-likeness (QED) is 0.395. The van der Waals surface area contributed by atoms with Gasteiger partial charge in [0.2, 0.25) is 0 Å². The van der Waals surface area contributed by atoms with Crippen molar-refractivity contribution in [3.8, 4) is 17.2 Å². The molecule has 1 amide bonds. The molecule has 7 nitrogen and oxygen atoms in total. The molecule has 0 spiro atoms. The predicted molar refractivity (Wildman–Crippen MR) is 106 cm³/mol. The first-order valence-corrected chi connectivity index (χ1v) is 9.70. The average Bonchev–Trinajstić information content (AvgIpc) is 2.63. The van der Waals surface area contributed by atoms with Crippen LogP contribution >= 0.6 is 11.8 Å². The maximum absolute atomic E-state index is 12.4. The molecular formula is C19H22N2O5S. The summed E-state index contributed by atoms with van der Waals surface area (Å²) in [6.45, 7) is 3.93. The molecule has 0 radical (unpaired) electrons. The molecule has 2 aromatic carbocycles. The van der Waals surface area contributed by atoms with Gasteiger partial charge in [0.1, 0.15) is 5.75 Å². The molecule has 0 heterocycles. The molecule has 0 saturated carbocycles. The Hall–Kier alpha value is -2.74. The fourth-order valence-corrected chi connectivity index (χ4v) is 2.49. The Kier molecular flexibility index (Phi) is 7.06. The molecule has 27 heavy (non-hydrogen) atoms. The number of thioether (sulfide) groups is 1. The minimum atomic E-state index is -1.09. The van der Waals surface area contributed by atoms with Crippen LogP contribution in [0.2, 0.25) is 0 Å². The van der Waals surface area contributed by atoms with E-state index in [1.165, 1.54) is 24.3 Å². The number of nitro groups is 1. The summed E-state index contributed by atoms with van der Waals surface area (Å²) in [5, 5.41) is 13.6. The van der Waals surface area contributed by atoms with Crippen LogP contribution in [0.3, 0.4) is 0 Å². The summed E-state index contributed by atoms with van der Waals surface area (Å²) >= 11 is 1.65. The van der Waals surface area contributed by atoms with Gasteiger partial charge in [0, 0.05) is 24.4 Å². The van der Waals surface area contributed by atoms with Gasteiger partial charge in [-0.2, -0.15) is 11.8 Å². The van der Waals surface area contributed by atoms with Crippen molar-refractivity contribution in [2.45, 2.75) is 19.4 Å². The Balaban J connectivity index is 2.12. The van der Waals surface area contributed by atoms with Crippen LogP contribution in [0.25, 0.3) is 0 Å². The first-order valence-electron chi connectivity index (χ1n) is 8.31. The molecule has 0 fully saturated rings. The van der Waals surface area contributed by atoms with E-state index in [1.54, 1.807) is 49.9 Å². The minimum absolute atomic E-state index is 0.0186. The number of nitro benzene ring substituents is 1. The van der Waals surface area contributed by atoms with Crippen LogP contribution in [0.4, 0.5) is 5.69 Å². The molecule has 2 aromatic rings. The molecule has 2 rings (SSSR count). The van der Waals surface area contributed by atoms with Crippen LogP contribution in [-0.2, 0) is 4.79 Å². The fraction of sp³-hybridized carbons (Fsp3) is 0.316. The maximum atomic E-state index is 12.4. The minimum Gasteiger partial charge on any atom is -0.474 e. The van der Waals surface area contributed by atoms with Crippen molar-refractivity contribution in [1.29, 1.82) is 0 Å². The van der Waals surface area contributed by atoms with E-state index in [2.05, 4.69) is 5.32 Å². The predicted octanol–water partition coefficient (Wildman–Crippen LogP) is 4.02. The number of amides is 1. The number of carbonyl (C=O) groups excluding carboxylic acids is 1.